The fraction of sp³-hybridized carbons (Fsp3) is 0. The Bertz CT molecular complexity index is 333. The van der Waals surface area contributed by atoms with Gasteiger partial charge in [0.25, 0.3) is 0 Å². The van der Waals surface area contributed by atoms with Crippen molar-refractivity contribution in [3.8, 4) is 0 Å². The van der Waals surface area contributed by atoms with Gasteiger partial charge in [0.1, 0.15) is 5.82 Å². The number of rotatable bonds is 3. The van der Waals surface area contributed by atoms with E-state index in [0.717, 1.165) is 12.3 Å². The zero-order valence-electron chi connectivity index (χ0n) is 6.27. The Labute approximate surface area is 86.8 Å². The van der Waals surface area contributed by atoms with Crippen molar-refractivity contribution in [2.75, 3.05) is 4.72 Å². The number of benzene rings is 1. The Morgan fingerprint density at radius 2 is 2.23 bits per heavy atom. The predicted molar refractivity (Wildman–Crippen MR) is 54.3 cm³/mol. The van der Waals surface area contributed by atoms with Gasteiger partial charge in [-0.25, -0.2) is 4.39 Å². The van der Waals surface area contributed by atoms with Gasteiger partial charge in [0, 0.05) is 11.8 Å². The molecule has 0 heterocycles. The van der Waals surface area contributed by atoms with E-state index in [4.69, 9.17) is 5.41 Å². The standard InChI is InChI=1S/C7H5BrF2N2S/c8-5-2-7(12-13-10)4(3-11)1-6(5)9/h1-3,11-12H. The first kappa shape index (κ1) is 10.5. The van der Waals surface area contributed by atoms with Crippen LogP contribution in [0.3, 0.4) is 0 Å². The van der Waals surface area contributed by atoms with E-state index in [1.165, 1.54) is 6.07 Å². The molecule has 0 radical (unpaired) electrons. The Balaban J connectivity index is 3.16. The molecule has 6 heteroatoms. The molecular weight excluding hydrogens is 262 g/mol. The smallest absolute Gasteiger partial charge is 0.162 e. The summed E-state index contributed by atoms with van der Waals surface area (Å²) in [5, 5.41) is 6.95. The van der Waals surface area contributed by atoms with Crippen molar-refractivity contribution >= 4 is 40.2 Å². The van der Waals surface area contributed by atoms with Gasteiger partial charge >= 0.3 is 0 Å². The Morgan fingerprint density at radius 1 is 1.54 bits per heavy atom. The van der Waals surface area contributed by atoms with Crippen LogP contribution in [0.1, 0.15) is 5.56 Å². The highest BCUT2D eigenvalue weighted by molar-refractivity contribution is 9.10. The average molecular weight is 267 g/mol. The highest BCUT2D eigenvalue weighted by Gasteiger charge is 2.06. The van der Waals surface area contributed by atoms with E-state index in [1.54, 1.807) is 0 Å². The number of halogens is 3. The van der Waals surface area contributed by atoms with Crippen molar-refractivity contribution in [1.82, 2.24) is 0 Å². The molecule has 0 atom stereocenters. The number of anilines is 1. The van der Waals surface area contributed by atoms with Crippen LogP contribution in [0.2, 0.25) is 0 Å². The molecule has 1 aromatic carbocycles. The summed E-state index contributed by atoms with van der Waals surface area (Å²) in [4.78, 5) is 0. The average Bonchev–Trinajstić information content (AvgIpc) is 2.11. The lowest BCUT2D eigenvalue weighted by Gasteiger charge is -2.05. The largest absolute Gasteiger partial charge is 0.308 e. The zero-order chi connectivity index (χ0) is 9.84. The molecule has 0 bridgehead atoms. The number of hydrogen-bond acceptors (Lipinski definition) is 3. The SMILES string of the molecule is N=Cc1cc(F)c(Br)cc1NSF. The van der Waals surface area contributed by atoms with Gasteiger partial charge in [-0.1, -0.05) is 0 Å². The molecule has 2 N–H and O–H groups in total. The van der Waals surface area contributed by atoms with Crippen molar-refractivity contribution in [3.63, 3.8) is 0 Å². The molecule has 13 heavy (non-hydrogen) atoms. The van der Waals surface area contributed by atoms with Crippen LogP contribution in [0.25, 0.3) is 0 Å². The molecule has 0 aliphatic carbocycles. The summed E-state index contributed by atoms with van der Waals surface area (Å²) in [6, 6.07) is 2.53. The lowest BCUT2D eigenvalue weighted by Crippen LogP contribution is -1.93. The lowest BCUT2D eigenvalue weighted by atomic mass is 10.2. The quantitative estimate of drug-likeness (QED) is 0.649. The summed E-state index contributed by atoms with van der Waals surface area (Å²) in [5.41, 5.74) is 0.654. The molecule has 70 valence electrons. The fourth-order valence-corrected chi connectivity index (χ4v) is 1.41. The van der Waals surface area contributed by atoms with E-state index in [0.29, 0.717) is 11.3 Å². The Kier molecular flexibility index (Phi) is 3.68. The number of nitrogens with one attached hydrogen (secondary N) is 2. The summed E-state index contributed by atoms with van der Waals surface area (Å²) >= 11 is 2.86. The highest BCUT2D eigenvalue weighted by Crippen LogP contribution is 2.25. The topological polar surface area (TPSA) is 35.9 Å². The second-order valence-corrected chi connectivity index (χ2v) is 3.39. The molecule has 0 unspecified atom stereocenters. The molecule has 1 aromatic rings. The van der Waals surface area contributed by atoms with Crippen molar-refractivity contribution in [2.24, 2.45) is 0 Å². The molecular formula is C7H5BrF2N2S. The van der Waals surface area contributed by atoms with Crippen molar-refractivity contribution in [3.05, 3.63) is 28.0 Å². The van der Waals surface area contributed by atoms with E-state index in [2.05, 4.69) is 20.7 Å². The van der Waals surface area contributed by atoms with Gasteiger partial charge in [0.2, 0.25) is 0 Å². The van der Waals surface area contributed by atoms with Crippen LogP contribution in [0.15, 0.2) is 16.6 Å². The fourth-order valence-electron chi connectivity index (χ4n) is 0.812. The molecule has 0 saturated carbocycles. The second kappa shape index (κ2) is 4.57. The third-order valence-corrected chi connectivity index (χ3v) is 2.30. The summed E-state index contributed by atoms with van der Waals surface area (Å²) in [6.07, 6.45) is 0.952. The Morgan fingerprint density at radius 3 is 2.77 bits per heavy atom. The van der Waals surface area contributed by atoms with Crippen LogP contribution < -0.4 is 4.72 Å². The van der Waals surface area contributed by atoms with Crippen molar-refractivity contribution < 1.29 is 8.28 Å². The summed E-state index contributed by atoms with van der Waals surface area (Å²) in [6.45, 7) is 0. The molecule has 0 fully saturated rings. The van der Waals surface area contributed by atoms with Crippen molar-refractivity contribution in [1.29, 1.82) is 5.41 Å². The van der Waals surface area contributed by atoms with E-state index < -0.39 is 5.82 Å². The predicted octanol–water partition coefficient (Wildman–Crippen LogP) is 3.53. The Hall–Kier alpha value is -0.620. The van der Waals surface area contributed by atoms with Crippen LogP contribution in [0, 0.1) is 11.2 Å². The maximum absolute atomic E-state index is 12.9. The summed E-state index contributed by atoms with van der Waals surface area (Å²) in [7, 11) is 0. The minimum atomic E-state index is -0.479. The maximum Gasteiger partial charge on any atom is 0.162 e. The number of hydrogen-bond donors (Lipinski definition) is 2. The van der Waals surface area contributed by atoms with Crippen LogP contribution in [0.5, 0.6) is 0 Å². The van der Waals surface area contributed by atoms with Gasteiger partial charge in [-0.2, -0.15) is 0 Å². The molecule has 0 amide bonds. The van der Waals surface area contributed by atoms with Crippen LogP contribution in [0.4, 0.5) is 14.0 Å². The second-order valence-electron chi connectivity index (χ2n) is 2.18. The molecule has 0 saturated heterocycles. The normalized spacial score (nSPS) is 9.77. The molecule has 1 rings (SSSR count). The highest BCUT2D eigenvalue weighted by atomic mass is 79.9. The summed E-state index contributed by atoms with van der Waals surface area (Å²) in [5.74, 6) is -0.479. The van der Waals surface area contributed by atoms with Gasteiger partial charge in [-0.05, 0) is 28.1 Å². The van der Waals surface area contributed by atoms with Gasteiger partial charge < -0.3 is 10.1 Å². The first-order chi connectivity index (χ1) is 6.19. The van der Waals surface area contributed by atoms with Gasteiger partial charge in [0.15, 0.2) is 12.3 Å². The van der Waals surface area contributed by atoms with Crippen LogP contribution in [-0.2, 0) is 0 Å². The van der Waals surface area contributed by atoms with Crippen molar-refractivity contribution in [2.45, 2.75) is 0 Å². The molecule has 2 nitrogen and oxygen atoms in total. The third-order valence-electron chi connectivity index (χ3n) is 1.40. The van der Waals surface area contributed by atoms with E-state index in [9.17, 15) is 8.28 Å². The third kappa shape index (κ3) is 2.41. The zero-order valence-corrected chi connectivity index (χ0v) is 8.68. The van der Waals surface area contributed by atoms with Crippen LogP contribution >= 0.6 is 28.3 Å². The minimum absolute atomic E-state index is 0.0978. The van der Waals surface area contributed by atoms with Crippen LogP contribution in [-0.4, -0.2) is 6.21 Å². The summed E-state index contributed by atoms with van der Waals surface area (Å²) < 4.78 is 27.3. The molecule has 0 aliphatic rings. The first-order valence-electron chi connectivity index (χ1n) is 3.22. The van der Waals surface area contributed by atoms with E-state index in [-0.39, 0.29) is 16.8 Å². The minimum Gasteiger partial charge on any atom is -0.308 e. The van der Waals surface area contributed by atoms with Gasteiger partial charge in [0.05, 0.1) is 10.2 Å². The first-order valence-corrected chi connectivity index (χ1v) is 4.73. The van der Waals surface area contributed by atoms with Gasteiger partial charge in [-0.15, -0.1) is 3.89 Å². The molecule has 0 spiro atoms. The monoisotopic (exact) mass is 266 g/mol. The molecule has 0 aliphatic heterocycles. The molecule has 0 aromatic heterocycles. The maximum atomic E-state index is 12.9. The van der Waals surface area contributed by atoms with E-state index >= 15 is 0 Å². The van der Waals surface area contributed by atoms with Gasteiger partial charge in [-0.3, -0.25) is 0 Å². The van der Waals surface area contributed by atoms with E-state index in [1.807, 2.05) is 0 Å². The lowest BCUT2D eigenvalue weighted by molar-refractivity contribution is 0.621.